The molecule has 6 nitrogen and oxygen atoms in total. The van der Waals surface area contributed by atoms with Crippen molar-refractivity contribution in [1.82, 2.24) is 15.1 Å². The Morgan fingerprint density at radius 2 is 1.72 bits per heavy atom. The highest BCUT2D eigenvalue weighted by Gasteiger charge is 2.22. The van der Waals surface area contributed by atoms with Gasteiger partial charge in [0.25, 0.3) is 5.91 Å². The molecule has 2 aromatic carbocycles. The van der Waals surface area contributed by atoms with E-state index in [4.69, 9.17) is 9.15 Å². The Bertz CT molecular complexity index is 1170. The van der Waals surface area contributed by atoms with E-state index in [9.17, 15) is 4.79 Å². The molecule has 0 saturated carbocycles. The van der Waals surface area contributed by atoms with E-state index in [1.54, 1.807) is 16.8 Å². The molecule has 0 aliphatic rings. The smallest absolute Gasteiger partial charge is 0.287 e. The Morgan fingerprint density at radius 1 is 1.00 bits per heavy atom. The summed E-state index contributed by atoms with van der Waals surface area (Å²) in [4.78, 5) is 12.3. The molecule has 0 saturated heterocycles. The summed E-state index contributed by atoms with van der Waals surface area (Å²) < 4.78 is 13.2. The summed E-state index contributed by atoms with van der Waals surface area (Å²) in [7, 11) is 1.84. The largest absolute Gasteiger partial charge is 0.486 e. The summed E-state index contributed by atoms with van der Waals surface area (Å²) in [5.74, 6) is 1.30. The van der Waals surface area contributed by atoms with Gasteiger partial charge in [-0.15, -0.1) is 0 Å². The highest BCUT2D eigenvalue weighted by atomic mass is 16.5. The van der Waals surface area contributed by atoms with Crippen molar-refractivity contribution in [3.63, 3.8) is 0 Å². The lowest BCUT2D eigenvalue weighted by molar-refractivity contribution is 0.0918. The van der Waals surface area contributed by atoms with Gasteiger partial charge in [0.1, 0.15) is 18.1 Å². The van der Waals surface area contributed by atoms with Crippen molar-refractivity contribution in [2.75, 3.05) is 0 Å². The maximum Gasteiger partial charge on any atom is 0.287 e. The molecule has 2 heterocycles. The van der Waals surface area contributed by atoms with Crippen LogP contribution in [0.2, 0.25) is 0 Å². The van der Waals surface area contributed by atoms with E-state index in [1.165, 1.54) is 11.1 Å². The zero-order valence-corrected chi connectivity index (χ0v) is 18.5. The van der Waals surface area contributed by atoms with Gasteiger partial charge in [0.05, 0.1) is 12.2 Å². The van der Waals surface area contributed by atoms with E-state index in [-0.39, 0.29) is 23.7 Å². The van der Waals surface area contributed by atoms with Crippen LogP contribution in [0.1, 0.15) is 47.0 Å². The van der Waals surface area contributed by atoms with Crippen LogP contribution in [-0.2, 0) is 25.6 Å². The number of hydrogen-bond donors (Lipinski definition) is 1. The lowest BCUT2D eigenvalue weighted by Crippen LogP contribution is -2.22. The van der Waals surface area contributed by atoms with Gasteiger partial charge in [-0.25, -0.2) is 0 Å². The topological polar surface area (TPSA) is 69.3 Å². The molecule has 1 N–H and O–H groups in total. The maximum atomic E-state index is 12.3. The van der Waals surface area contributed by atoms with Crippen molar-refractivity contribution in [3.05, 3.63) is 107 Å². The summed E-state index contributed by atoms with van der Waals surface area (Å²) in [6.07, 6.45) is 1.83. The SMILES string of the molecule is Cn1ccc(CNC(=O)c2ccc(COc3ccc(C(C)(C)c4ccccc4)cc3)o2)n1. The lowest BCUT2D eigenvalue weighted by Gasteiger charge is -2.26. The van der Waals surface area contributed by atoms with E-state index >= 15 is 0 Å². The highest BCUT2D eigenvalue weighted by molar-refractivity contribution is 5.91. The van der Waals surface area contributed by atoms with E-state index < -0.39 is 0 Å². The quantitative estimate of drug-likeness (QED) is 0.435. The number of rotatable bonds is 8. The number of nitrogens with one attached hydrogen (secondary N) is 1. The molecule has 0 unspecified atom stereocenters. The van der Waals surface area contributed by atoms with Crippen molar-refractivity contribution < 1.29 is 13.9 Å². The second-order valence-corrected chi connectivity index (χ2v) is 8.23. The third-order valence-electron chi connectivity index (χ3n) is 5.54. The first-order valence-corrected chi connectivity index (χ1v) is 10.6. The van der Waals surface area contributed by atoms with Crippen LogP contribution in [0.25, 0.3) is 0 Å². The predicted octanol–water partition coefficient (Wildman–Crippen LogP) is 4.85. The molecule has 2 aromatic heterocycles. The van der Waals surface area contributed by atoms with E-state index in [1.807, 2.05) is 37.5 Å². The fourth-order valence-electron chi connectivity index (χ4n) is 3.54. The van der Waals surface area contributed by atoms with Crippen molar-refractivity contribution in [2.45, 2.75) is 32.4 Å². The van der Waals surface area contributed by atoms with Crippen LogP contribution >= 0.6 is 0 Å². The average molecular weight is 430 g/mol. The average Bonchev–Trinajstić information content (AvgIpc) is 3.46. The number of nitrogens with zero attached hydrogens (tertiary/aromatic N) is 2. The summed E-state index contributed by atoms with van der Waals surface area (Å²) in [5, 5.41) is 7.03. The number of carbonyl (C=O) groups excluding carboxylic acids is 1. The number of hydrogen-bond acceptors (Lipinski definition) is 4. The van der Waals surface area contributed by atoms with Crippen LogP contribution in [0.3, 0.4) is 0 Å². The standard InChI is InChI=1S/C26H27N3O3/c1-26(2,19-7-5-4-6-8-19)20-9-11-22(12-10-20)31-18-23-13-14-24(32-23)25(30)27-17-21-15-16-29(3)28-21/h4-16H,17-18H2,1-3H3,(H,27,30). The number of aromatic nitrogens is 2. The Hall–Kier alpha value is -3.80. The molecule has 0 fully saturated rings. The molecule has 0 aliphatic carbocycles. The number of ether oxygens (including phenoxy) is 1. The molecular formula is C26H27N3O3. The fourth-order valence-corrected chi connectivity index (χ4v) is 3.54. The molecule has 164 valence electrons. The molecule has 0 bridgehead atoms. The normalized spacial score (nSPS) is 11.3. The number of furan rings is 1. The first-order chi connectivity index (χ1) is 15.4. The minimum Gasteiger partial charge on any atom is -0.486 e. The van der Waals surface area contributed by atoms with Crippen molar-refractivity contribution >= 4 is 5.91 Å². The predicted molar refractivity (Wildman–Crippen MR) is 122 cm³/mol. The van der Waals surface area contributed by atoms with Gasteiger partial charge in [-0.3, -0.25) is 9.48 Å². The van der Waals surface area contributed by atoms with Gasteiger partial charge >= 0.3 is 0 Å². The molecule has 0 aliphatic heterocycles. The van der Waals surface area contributed by atoms with E-state index in [2.05, 4.69) is 60.7 Å². The first kappa shape index (κ1) is 21.4. The lowest BCUT2D eigenvalue weighted by atomic mass is 9.78. The van der Waals surface area contributed by atoms with Gasteiger partial charge in [-0.05, 0) is 41.5 Å². The molecule has 4 rings (SSSR count). The summed E-state index contributed by atoms with van der Waals surface area (Å²) >= 11 is 0. The Kier molecular flexibility index (Phi) is 6.12. The summed E-state index contributed by atoms with van der Waals surface area (Å²) in [6, 6.07) is 23.8. The second-order valence-electron chi connectivity index (χ2n) is 8.23. The Morgan fingerprint density at radius 3 is 2.41 bits per heavy atom. The van der Waals surface area contributed by atoms with Gasteiger partial charge in [-0.1, -0.05) is 56.3 Å². The summed E-state index contributed by atoms with van der Waals surface area (Å²) in [6.45, 7) is 5.01. The van der Waals surface area contributed by atoms with Gasteiger partial charge in [0.2, 0.25) is 0 Å². The maximum absolute atomic E-state index is 12.3. The van der Waals surface area contributed by atoms with Gasteiger partial charge in [0, 0.05) is 18.7 Å². The Labute approximate surface area is 187 Å². The second kappa shape index (κ2) is 9.14. The molecule has 32 heavy (non-hydrogen) atoms. The van der Waals surface area contributed by atoms with Crippen molar-refractivity contribution in [1.29, 1.82) is 0 Å². The molecule has 0 spiro atoms. The van der Waals surface area contributed by atoms with Gasteiger partial charge in [0.15, 0.2) is 5.76 Å². The van der Waals surface area contributed by atoms with Crippen molar-refractivity contribution in [3.8, 4) is 5.75 Å². The van der Waals surface area contributed by atoms with Crippen molar-refractivity contribution in [2.24, 2.45) is 7.05 Å². The molecule has 4 aromatic rings. The van der Waals surface area contributed by atoms with E-state index in [0.717, 1.165) is 11.4 Å². The fraction of sp³-hybridized carbons (Fsp3) is 0.231. The van der Waals surface area contributed by atoms with Crippen LogP contribution in [0.5, 0.6) is 5.75 Å². The highest BCUT2D eigenvalue weighted by Crippen LogP contribution is 2.32. The zero-order chi connectivity index (χ0) is 22.6. The number of benzene rings is 2. The molecule has 0 radical (unpaired) electrons. The number of amides is 1. The number of aryl methyl sites for hydroxylation is 1. The molecular weight excluding hydrogens is 402 g/mol. The van der Waals surface area contributed by atoms with E-state index in [0.29, 0.717) is 12.3 Å². The van der Waals surface area contributed by atoms with Gasteiger partial charge in [-0.2, -0.15) is 5.10 Å². The minimum atomic E-state index is -0.283. The van der Waals surface area contributed by atoms with Crippen LogP contribution in [0.15, 0.2) is 83.4 Å². The number of carbonyl (C=O) groups is 1. The monoisotopic (exact) mass is 429 g/mol. The first-order valence-electron chi connectivity index (χ1n) is 10.6. The van der Waals surface area contributed by atoms with Crippen LogP contribution in [0, 0.1) is 0 Å². The third kappa shape index (κ3) is 4.91. The van der Waals surface area contributed by atoms with Gasteiger partial charge < -0.3 is 14.5 Å². The molecule has 6 heteroatoms. The Balaban J connectivity index is 1.32. The summed E-state index contributed by atoms with van der Waals surface area (Å²) in [5.41, 5.74) is 3.16. The van der Waals surface area contributed by atoms with Crippen LogP contribution in [-0.4, -0.2) is 15.7 Å². The minimum absolute atomic E-state index is 0.0989. The van der Waals surface area contributed by atoms with Crippen LogP contribution < -0.4 is 10.1 Å². The third-order valence-corrected chi connectivity index (χ3v) is 5.54. The molecule has 0 atom stereocenters. The molecule has 1 amide bonds. The zero-order valence-electron chi connectivity index (χ0n) is 18.5. The van der Waals surface area contributed by atoms with Crippen LogP contribution in [0.4, 0.5) is 0 Å².